The zero-order valence-corrected chi connectivity index (χ0v) is 11.8. The van der Waals surface area contributed by atoms with Crippen molar-refractivity contribution in [3.63, 3.8) is 0 Å². The van der Waals surface area contributed by atoms with Crippen LogP contribution in [0.3, 0.4) is 0 Å². The Morgan fingerprint density at radius 2 is 1.86 bits per heavy atom. The van der Waals surface area contributed by atoms with Crippen molar-refractivity contribution in [3.8, 4) is 11.3 Å². The normalized spacial score (nSPS) is 15.6. The van der Waals surface area contributed by atoms with Crippen molar-refractivity contribution >= 4 is 5.91 Å². The number of carbonyl (C=O) groups is 1. The van der Waals surface area contributed by atoms with Crippen LogP contribution < -0.4 is 5.32 Å². The van der Waals surface area contributed by atoms with Gasteiger partial charge in [-0.3, -0.25) is 9.78 Å². The van der Waals surface area contributed by atoms with E-state index in [1.165, 1.54) is 0 Å². The summed E-state index contributed by atoms with van der Waals surface area (Å²) in [6.07, 6.45) is 3.39. The van der Waals surface area contributed by atoms with E-state index in [-0.39, 0.29) is 11.9 Å². The number of carbonyl (C=O) groups excluding carboxylic acids is 1. The molecule has 1 fully saturated rings. The van der Waals surface area contributed by atoms with Crippen LogP contribution in [-0.2, 0) is 4.74 Å². The molecule has 1 aliphatic heterocycles. The van der Waals surface area contributed by atoms with Crippen molar-refractivity contribution in [2.45, 2.75) is 18.9 Å². The number of ether oxygens (including phenoxy) is 1. The molecule has 0 bridgehead atoms. The second-order valence-corrected chi connectivity index (χ2v) is 5.16. The van der Waals surface area contributed by atoms with Crippen LogP contribution in [0, 0.1) is 0 Å². The Kier molecular flexibility index (Phi) is 4.26. The van der Waals surface area contributed by atoms with E-state index in [0.29, 0.717) is 5.56 Å². The molecule has 0 atom stereocenters. The number of benzene rings is 1. The van der Waals surface area contributed by atoms with Crippen molar-refractivity contribution in [2.24, 2.45) is 0 Å². The summed E-state index contributed by atoms with van der Waals surface area (Å²) in [6.45, 7) is 1.44. The van der Waals surface area contributed by atoms with Gasteiger partial charge in [0.05, 0.1) is 11.3 Å². The molecule has 0 spiro atoms. The predicted molar refractivity (Wildman–Crippen MR) is 81.0 cm³/mol. The molecular weight excluding hydrogens is 264 g/mol. The van der Waals surface area contributed by atoms with Crippen LogP contribution in [-0.4, -0.2) is 30.1 Å². The molecule has 0 unspecified atom stereocenters. The molecule has 0 radical (unpaired) electrons. The summed E-state index contributed by atoms with van der Waals surface area (Å²) < 4.78 is 5.29. The zero-order chi connectivity index (χ0) is 14.5. The van der Waals surface area contributed by atoms with Crippen molar-refractivity contribution in [1.82, 2.24) is 10.3 Å². The quantitative estimate of drug-likeness (QED) is 0.941. The zero-order valence-electron chi connectivity index (χ0n) is 11.8. The number of rotatable bonds is 3. The molecule has 0 aliphatic carbocycles. The summed E-state index contributed by atoms with van der Waals surface area (Å²) in [5.41, 5.74) is 2.52. The van der Waals surface area contributed by atoms with Gasteiger partial charge in [0, 0.05) is 31.0 Å². The fraction of sp³-hybridized carbons (Fsp3) is 0.294. The number of nitrogens with one attached hydrogen (secondary N) is 1. The average Bonchev–Trinajstić information content (AvgIpc) is 2.57. The summed E-state index contributed by atoms with van der Waals surface area (Å²) in [5, 5.41) is 3.04. The van der Waals surface area contributed by atoms with Crippen molar-refractivity contribution in [1.29, 1.82) is 0 Å². The molecular formula is C17H18N2O2. The van der Waals surface area contributed by atoms with Gasteiger partial charge in [0.1, 0.15) is 0 Å². The van der Waals surface area contributed by atoms with Crippen LogP contribution in [0.2, 0.25) is 0 Å². The molecule has 1 aromatic carbocycles. The molecule has 1 aliphatic rings. The minimum atomic E-state index is -0.0611. The maximum absolute atomic E-state index is 12.2. The van der Waals surface area contributed by atoms with Crippen LogP contribution in [0.15, 0.2) is 48.7 Å². The lowest BCUT2D eigenvalue weighted by Gasteiger charge is -2.23. The van der Waals surface area contributed by atoms with E-state index >= 15 is 0 Å². The first-order valence-corrected chi connectivity index (χ1v) is 7.23. The molecule has 4 heteroatoms. The number of nitrogens with zero attached hydrogens (tertiary/aromatic N) is 1. The highest BCUT2D eigenvalue weighted by Gasteiger charge is 2.17. The largest absolute Gasteiger partial charge is 0.381 e. The van der Waals surface area contributed by atoms with Gasteiger partial charge in [0.15, 0.2) is 0 Å². The van der Waals surface area contributed by atoms with Crippen LogP contribution in [0.4, 0.5) is 0 Å². The second-order valence-electron chi connectivity index (χ2n) is 5.16. The molecule has 1 N–H and O–H groups in total. The van der Waals surface area contributed by atoms with Gasteiger partial charge < -0.3 is 10.1 Å². The van der Waals surface area contributed by atoms with Crippen LogP contribution >= 0.6 is 0 Å². The van der Waals surface area contributed by atoms with Gasteiger partial charge in [-0.1, -0.05) is 30.3 Å². The van der Waals surface area contributed by atoms with Crippen LogP contribution in [0.5, 0.6) is 0 Å². The van der Waals surface area contributed by atoms with E-state index < -0.39 is 0 Å². The molecule has 1 aromatic heterocycles. The first-order chi connectivity index (χ1) is 10.3. The Hall–Kier alpha value is -2.20. The highest BCUT2D eigenvalue weighted by atomic mass is 16.5. The predicted octanol–water partition coefficient (Wildman–Crippen LogP) is 2.66. The number of amides is 1. The van der Waals surface area contributed by atoms with E-state index in [2.05, 4.69) is 10.3 Å². The summed E-state index contributed by atoms with van der Waals surface area (Å²) in [4.78, 5) is 16.5. The van der Waals surface area contributed by atoms with Crippen molar-refractivity contribution in [2.75, 3.05) is 13.2 Å². The number of pyridine rings is 1. The van der Waals surface area contributed by atoms with Gasteiger partial charge in [-0.2, -0.15) is 0 Å². The lowest BCUT2D eigenvalue weighted by molar-refractivity contribution is 0.0696. The first kappa shape index (κ1) is 13.8. The van der Waals surface area contributed by atoms with Crippen LogP contribution in [0.1, 0.15) is 23.2 Å². The summed E-state index contributed by atoms with van der Waals surface area (Å²) >= 11 is 0. The summed E-state index contributed by atoms with van der Waals surface area (Å²) in [7, 11) is 0. The Morgan fingerprint density at radius 1 is 1.10 bits per heavy atom. The Bertz CT molecular complexity index is 590. The van der Waals surface area contributed by atoms with Gasteiger partial charge >= 0.3 is 0 Å². The highest BCUT2D eigenvalue weighted by molar-refractivity contribution is 5.94. The fourth-order valence-electron chi connectivity index (χ4n) is 2.42. The molecule has 1 saturated heterocycles. The highest BCUT2D eigenvalue weighted by Crippen LogP contribution is 2.16. The number of hydrogen-bond donors (Lipinski definition) is 1. The molecule has 0 saturated carbocycles. The van der Waals surface area contributed by atoms with E-state index in [9.17, 15) is 4.79 Å². The monoisotopic (exact) mass is 282 g/mol. The van der Waals surface area contributed by atoms with Crippen molar-refractivity contribution in [3.05, 3.63) is 54.2 Å². The van der Waals surface area contributed by atoms with E-state index in [1.54, 1.807) is 6.20 Å². The molecule has 4 nitrogen and oxygen atoms in total. The van der Waals surface area contributed by atoms with Gasteiger partial charge in [0.2, 0.25) is 0 Å². The molecule has 3 rings (SSSR count). The molecule has 2 heterocycles. The third-order valence-corrected chi connectivity index (χ3v) is 3.65. The lowest BCUT2D eigenvalue weighted by atomic mass is 10.1. The standard InChI is InChI=1S/C17H18N2O2/c20-17(19-15-8-10-21-11-9-15)14-6-7-16(18-12-14)13-4-2-1-3-5-13/h1-7,12,15H,8-11H2,(H,19,20). The maximum Gasteiger partial charge on any atom is 0.253 e. The van der Waals surface area contributed by atoms with E-state index in [0.717, 1.165) is 37.3 Å². The third-order valence-electron chi connectivity index (χ3n) is 3.65. The smallest absolute Gasteiger partial charge is 0.253 e. The molecule has 2 aromatic rings. The minimum absolute atomic E-state index is 0.0611. The molecule has 1 amide bonds. The first-order valence-electron chi connectivity index (χ1n) is 7.23. The minimum Gasteiger partial charge on any atom is -0.381 e. The second kappa shape index (κ2) is 6.50. The Balaban J connectivity index is 1.67. The van der Waals surface area contributed by atoms with Crippen molar-refractivity contribution < 1.29 is 9.53 Å². The van der Waals surface area contributed by atoms with Gasteiger partial charge in [-0.15, -0.1) is 0 Å². The SMILES string of the molecule is O=C(NC1CCOCC1)c1ccc(-c2ccccc2)nc1. The number of hydrogen-bond acceptors (Lipinski definition) is 3. The van der Waals surface area contributed by atoms with Gasteiger partial charge in [-0.25, -0.2) is 0 Å². The summed E-state index contributed by atoms with van der Waals surface area (Å²) in [6, 6.07) is 13.8. The van der Waals surface area contributed by atoms with E-state index in [4.69, 9.17) is 4.74 Å². The molecule has 108 valence electrons. The Morgan fingerprint density at radius 3 is 2.52 bits per heavy atom. The third kappa shape index (κ3) is 3.47. The maximum atomic E-state index is 12.2. The fourth-order valence-corrected chi connectivity index (χ4v) is 2.42. The summed E-state index contributed by atoms with van der Waals surface area (Å²) in [5.74, 6) is -0.0611. The lowest BCUT2D eigenvalue weighted by Crippen LogP contribution is -2.38. The Labute approximate surface area is 124 Å². The van der Waals surface area contributed by atoms with Gasteiger partial charge in [0.25, 0.3) is 5.91 Å². The van der Waals surface area contributed by atoms with Crippen LogP contribution in [0.25, 0.3) is 11.3 Å². The topological polar surface area (TPSA) is 51.2 Å². The average molecular weight is 282 g/mol. The molecule has 21 heavy (non-hydrogen) atoms. The van der Waals surface area contributed by atoms with E-state index in [1.807, 2.05) is 42.5 Å². The van der Waals surface area contributed by atoms with Gasteiger partial charge in [-0.05, 0) is 25.0 Å². The number of aromatic nitrogens is 1.